The molecule has 0 spiro atoms. The molecule has 0 unspecified atom stereocenters. The van der Waals surface area contributed by atoms with Gasteiger partial charge in [-0.3, -0.25) is 4.68 Å². The van der Waals surface area contributed by atoms with E-state index in [1.807, 2.05) is 0 Å². The van der Waals surface area contributed by atoms with Crippen LogP contribution in [0.1, 0.15) is 17.0 Å². The van der Waals surface area contributed by atoms with Crippen LogP contribution in [0.3, 0.4) is 0 Å². The molecule has 0 fully saturated rings. The number of aromatic nitrogens is 2. The summed E-state index contributed by atoms with van der Waals surface area (Å²) in [6, 6.07) is 0. The number of rotatable bonds is 3. The smallest absolute Gasteiger partial charge is 0.272 e. The summed E-state index contributed by atoms with van der Waals surface area (Å²) in [6.45, 7) is 1.49. The Morgan fingerprint density at radius 1 is 1.35 bits per heavy atom. The van der Waals surface area contributed by atoms with Crippen molar-refractivity contribution >= 4 is 9.84 Å². The SMILES string of the molecule is Cc1c(CCS(C)(=O)=O)c(C(F)(F)F)nn1C. The minimum Gasteiger partial charge on any atom is -0.272 e. The molecule has 0 saturated carbocycles. The number of hydrogen-bond acceptors (Lipinski definition) is 3. The van der Waals surface area contributed by atoms with Crippen LogP contribution >= 0.6 is 0 Å². The van der Waals surface area contributed by atoms with Crippen LogP contribution in [-0.4, -0.2) is 30.2 Å². The second-order valence-corrected chi connectivity index (χ2v) is 6.17. The molecule has 98 valence electrons. The third kappa shape index (κ3) is 3.45. The molecule has 0 aliphatic rings. The monoisotopic (exact) mass is 270 g/mol. The first-order valence-electron chi connectivity index (χ1n) is 4.80. The summed E-state index contributed by atoms with van der Waals surface area (Å²) >= 11 is 0. The Balaban J connectivity index is 3.14. The number of sulfone groups is 1. The molecule has 0 aliphatic carbocycles. The zero-order valence-corrected chi connectivity index (χ0v) is 10.5. The summed E-state index contributed by atoms with van der Waals surface area (Å²) in [4.78, 5) is 0. The Morgan fingerprint density at radius 3 is 2.29 bits per heavy atom. The summed E-state index contributed by atoms with van der Waals surface area (Å²) < 4.78 is 61.0. The van der Waals surface area contributed by atoms with E-state index in [-0.39, 0.29) is 17.7 Å². The summed E-state index contributed by atoms with van der Waals surface area (Å²) in [5.41, 5.74) is -0.715. The van der Waals surface area contributed by atoms with Gasteiger partial charge in [-0.05, 0) is 13.3 Å². The number of nitrogens with zero attached hydrogens (tertiary/aromatic N) is 2. The minimum atomic E-state index is -4.56. The highest BCUT2D eigenvalue weighted by Gasteiger charge is 2.38. The number of aryl methyl sites for hydroxylation is 1. The number of hydrogen-bond donors (Lipinski definition) is 0. The summed E-state index contributed by atoms with van der Waals surface area (Å²) in [6.07, 6.45) is -3.74. The maximum Gasteiger partial charge on any atom is 0.435 e. The molecule has 1 aromatic heterocycles. The Morgan fingerprint density at radius 2 is 1.88 bits per heavy atom. The molecule has 0 bridgehead atoms. The van der Waals surface area contributed by atoms with Crippen LogP contribution in [0.4, 0.5) is 13.2 Å². The van der Waals surface area contributed by atoms with E-state index < -0.39 is 21.7 Å². The maximum absolute atomic E-state index is 12.6. The van der Waals surface area contributed by atoms with Gasteiger partial charge in [-0.2, -0.15) is 18.3 Å². The van der Waals surface area contributed by atoms with Crippen molar-refractivity contribution in [3.05, 3.63) is 17.0 Å². The average Bonchev–Trinajstić information content (AvgIpc) is 2.39. The van der Waals surface area contributed by atoms with Crippen LogP contribution in [0.2, 0.25) is 0 Å². The van der Waals surface area contributed by atoms with Crippen LogP contribution in [-0.2, 0) is 29.5 Å². The quantitative estimate of drug-likeness (QED) is 0.832. The first kappa shape index (κ1) is 14.0. The van der Waals surface area contributed by atoms with Gasteiger partial charge in [0.05, 0.1) is 5.75 Å². The van der Waals surface area contributed by atoms with Gasteiger partial charge in [0.25, 0.3) is 0 Å². The van der Waals surface area contributed by atoms with Crippen molar-refractivity contribution < 1.29 is 21.6 Å². The molecule has 0 amide bonds. The van der Waals surface area contributed by atoms with Gasteiger partial charge in [-0.1, -0.05) is 0 Å². The summed E-state index contributed by atoms with van der Waals surface area (Å²) in [7, 11) is -1.90. The molecule has 1 aromatic rings. The molecule has 0 saturated heterocycles. The molecule has 0 radical (unpaired) electrons. The third-order valence-electron chi connectivity index (χ3n) is 2.45. The molecule has 17 heavy (non-hydrogen) atoms. The van der Waals surface area contributed by atoms with Gasteiger partial charge < -0.3 is 0 Å². The molecule has 8 heteroatoms. The van der Waals surface area contributed by atoms with Gasteiger partial charge in [-0.25, -0.2) is 8.42 Å². The normalized spacial score (nSPS) is 13.1. The third-order valence-corrected chi connectivity index (χ3v) is 3.40. The van der Waals surface area contributed by atoms with Crippen LogP contribution in [0.5, 0.6) is 0 Å². The van der Waals surface area contributed by atoms with Crippen LogP contribution < -0.4 is 0 Å². The van der Waals surface area contributed by atoms with E-state index in [0.29, 0.717) is 5.69 Å². The van der Waals surface area contributed by atoms with Gasteiger partial charge in [0.2, 0.25) is 0 Å². The lowest BCUT2D eigenvalue weighted by molar-refractivity contribution is -0.142. The zero-order valence-electron chi connectivity index (χ0n) is 9.67. The zero-order chi connectivity index (χ0) is 13.4. The second kappa shape index (κ2) is 4.32. The van der Waals surface area contributed by atoms with Crippen LogP contribution in [0.25, 0.3) is 0 Å². The van der Waals surface area contributed by atoms with Crippen LogP contribution in [0.15, 0.2) is 0 Å². The van der Waals surface area contributed by atoms with Crippen molar-refractivity contribution in [2.24, 2.45) is 7.05 Å². The Bertz CT molecular complexity index is 517. The van der Waals surface area contributed by atoms with E-state index >= 15 is 0 Å². The largest absolute Gasteiger partial charge is 0.435 e. The van der Waals surface area contributed by atoms with Crippen LogP contribution in [0, 0.1) is 6.92 Å². The fourth-order valence-corrected chi connectivity index (χ4v) is 2.04. The Labute approximate surface area is 97.4 Å². The highest BCUT2D eigenvalue weighted by Crippen LogP contribution is 2.32. The van der Waals surface area contributed by atoms with Crippen molar-refractivity contribution in [3.63, 3.8) is 0 Å². The average molecular weight is 270 g/mol. The van der Waals surface area contributed by atoms with Gasteiger partial charge in [-0.15, -0.1) is 0 Å². The molecule has 1 rings (SSSR count). The van der Waals surface area contributed by atoms with Gasteiger partial charge in [0.15, 0.2) is 5.69 Å². The first-order valence-corrected chi connectivity index (χ1v) is 6.86. The highest BCUT2D eigenvalue weighted by atomic mass is 32.2. The minimum absolute atomic E-state index is 0.0505. The molecule has 0 N–H and O–H groups in total. The predicted octanol–water partition coefficient (Wildman–Crippen LogP) is 1.33. The van der Waals surface area contributed by atoms with Crippen molar-refractivity contribution in [1.82, 2.24) is 9.78 Å². The van der Waals surface area contributed by atoms with E-state index in [9.17, 15) is 21.6 Å². The van der Waals surface area contributed by atoms with Gasteiger partial charge in [0, 0.05) is 24.6 Å². The lowest BCUT2D eigenvalue weighted by Gasteiger charge is -2.06. The molecule has 0 aliphatic heterocycles. The van der Waals surface area contributed by atoms with Gasteiger partial charge >= 0.3 is 6.18 Å². The van der Waals surface area contributed by atoms with Crippen molar-refractivity contribution in [1.29, 1.82) is 0 Å². The van der Waals surface area contributed by atoms with E-state index in [4.69, 9.17) is 0 Å². The van der Waals surface area contributed by atoms with E-state index in [1.54, 1.807) is 0 Å². The molecule has 1 heterocycles. The van der Waals surface area contributed by atoms with E-state index in [0.717, 1.165) is 10.9 Å². The first-order chi connectivity index (χ1) is 7.52. The molecule has 4 nitrogen and oxygen atoms in total. The molecular weight excluding hydrogens is 257 g/mol. The number of alkyl halides is 3. The fraction of sp³-hybridized carbons (Fsp3) is 0.667. The van der Waals surface area contributed by atoms with Gasteiger partial charge in [0.1, 0.15) is 9.84 Å². The maximum atomic E-state index is 12.6. The van der Waals surface area contributed by atoms with Crippen molar-refractivity contribution in [2.45, 2.75) is 19.5 Å². The highest BCUT2D eigenvalue weighted by molar-refractivity contribution is 7.90. The second-order valence-electron chi connectivity index (χ2n) is 3.91. The molecular formula is C9H13F3N2O2S. The number of halogens is 3. The topological polar surface area (TPSA) is 52.0 Å². The fourth-order valence-electron chi connectivity index (χ4n) is 1.47. The van der Waals surface area contributed by atoms with Crippen molar-refractivity contribution in [3.8, 4) is 0 Å². The molecule has 0 atom stereocenters. The summed E-state index contributed by atoms with van der Waals surface area (Å²) in [5, 5.41) is 3.38. The van der Waals surface area contributed by atoms with E-state index in [2.05, 4.69) is 5.10 Å². The van der Waals surface area contributed by atoms with Crippen molar-refractivity contribution in [2.75, 3.05) is 12.0 Å². The Kier molecular flexibility index (Phi) is 3.56. The van der Waals surface area contributed by atoms with E-state index in [1.165, 1.54) is 14.0 Å². The standard InChI is InChI=1S/C9H13F3N2O2S/c1-6-7(4-5-17(3,15)16)8(9(10,11)12)13-14(6)2/h4-5H2,1-3H3. The molecule has 0 aromatic carbocycles. The predicted molar refractivity (Wildman–Crippen MR) is 56.4 cm³/mol. The lowest BCUT2D eigenvalue weighted by atomic mass is 10.1. The summed E-state index contributed by atoms with van der Waals surface area (Å²) in [5.74, 6) is -0.317. The lowest BCUT2D eigenvalue weighted by Crippen LogP contribution is -2.13. The Hall–Kier alpha value is -1.05.